The Hall–Kier alpha value is -7.94. The third kappa shape index (κ3) is 5.61. The topological polar surface area (TPSA) is 8.17 Å². The van der Waals surface area contributed by atoms with Crippen LogP contribution < -0.4 is 4.90 Å². The van der Waals surface area contributed by atoms with E-state index in [-0.39, 0.29) is 5.41 Å². The Bertz CT molecular complexity index is 3560. The number of nitrogens with zero attached hydrogens (tertiary/aromatic N) is 2. The van der Waals surface area contributed by atoms with Crippen LogP contribution in [0, 0.1) is 0 Å². The predicted octanol–water partition coefficient (Wildman–Crippen LogP) is 16.8. The fourth-order valence-corrected chi connectivity index (χ4v) is 11.9. The molecule has 13 rings (SSSR count). The fourth-order valence-electron chi connectivity index (χ4n) is 11.9. The summed E-state index contributed by atoms with van der Waals surface area (Å²) in [5.41, 5.74) is 22.0. The van der Waals surface area contributed by atoms with Crippen LogP contribution in [-0.2, 0) is 10.8 Å². The quantitative estimate of drug-likeness (QED) is 0.155. The van der Waals surface area contributed by atoms with Gasteiger partial charge in [0.15, 0.2) is 0 Å². The van der Waals surface area contributed by atoms with Crippen molar-refractivity contribution in [1.29, 1.82) is 0 Å². The minimum Gasteiger partial charge on any atom is -0.310 e. The summed E-state index contributed by atoms with van der Waals surface area (Å²) in [6.45, 7) is 4.74. The van der Waals surface area contributed by atoms with E-state index in [9.17, 15) is 0 Å². The van der Waals surface area contributed by atoms with Crippen molar-refractivity contribution >= 4 is 44.6 Å². The van der Waals surface area contributed by atoms with Crippen LogP contribution in [0.15, 0.2) is 231 Å². The molecular weight excluding hydrogens is 797 g/mol. The lowest BCUT2D eigenvalue weighted by atomic mass is 9.68. The summed E-state index contributed by atoms with van der Waals surface area (Å²) >= 11 is 0. The molecule has 1 heterocycles. The molecule has 314 valence electrons. The van der Waals surface area contributed by atoms with Crippen molar-refractivity contribution < 1.29 is 0 Å². The predicted molar refractivity (Wildman–Crippen MR) is 277 cm³/mol. The molecule has 0 unspecified atom stereocenters. The van der Waals surface area contributed by atoms with Gasteiger partial charge in [0.05, 0.1) is 16.4 Å². The van der Waals surface area contributed by atoms with E-state index in [1.165, 1.54) is 94.3 Å². The zero-order chi connectivity index (χ0) is 44.0. The Morgan fingerprint density at radius 3 is 1.73 bits per heavy atom. The van der Waals surface area contributed by atoms with E-state index >= 15 is 0 Å². The highest BCUT2D eigenvalue weighted by atomic mass is 15.1. The van der Waals surface area contributed by atoms with E-state index < -0.39 is 5.41 Å². The molecule has 0 saturated carbocycles. The molecule has 0 atom stereocenters. The molecule has 0 amide bonds. The SMILES string of the molecule is CC1(C)c2ccccc2-c2ccc(N(c3ccc(-c4ccc5c(c4)c4ccccc4n5C4=CCCC=C4)cc3)c3ccc4c(c3)-c3ccccc3C4(c3ccccc3)c3ccccc3)cc21. The number of fused-ring (bicyclic) bond motifs is 9. The molecule has 2 nitrogen and oxygen atoms in total. The molecule has 66 heavy (non-hydrogen) atoms. The van der Waals surface area contributed by atoms with Crippen molar-refractivity contribution in [1.82, 2.24) is 4.57 Å². The van der Waals surface area contributed by atoms with Crippen LogP contribution in [0.25, 0.3) is 60.9 Å². The van der Waals surface area contributed by atoms with Crippen LogP contribution in [0.4, 0.5) is 17.1 Å². The van der Waals surface area contributed by atoms with E-state index in [1.807, 2.05) is 0 Å². The van der Waals surface area contributed by atoms with Crippen molar-refractivity contribution in [2.45, 2.75) is 37.5 Å². The Balaban J connectivity index is 0.977. The van der Waals surface area contributed by atoms with Crippen molar-refractivity contribution in [3.63, 3.8) is 0 Å². The molecule has 2 heteroatoms. The number of rotatable bonds is 7. The Labute approximate surface area is 387 Å². The minimum absolute atomic E-state index is 0.134. The van der Waals surface area contributed by atoms with Crippen LogP contribution in [0.2, 0.25) is 0 Å². The van der Waals surface area contributed by atoms with Crippen LogP contribution in [-0.4, -0.2) is 4.57 Å². The molecule has 0 N–H and O–H groups in total. The van der Waals surface area contributed by atoms with E-state index in [4.69, 9.17) is 0 Å². The monoisotopic (exact) mass is 844 g/mol. The van der Waals surface area contributed by atoms with Gasteiger partial charge in [0, 0.05) is 38.9 Å². The lowest BCUT2D eigenvalue weighted by Crippen LogP contribution is -2.28. The molecule has 1 aromatic heterocycles. The summed E-state index contributed by atoms with van der Waals surface area (Å²) in [4.78, 5) is 2.47. The fraction of sp³-hybridized carbons (Fsp3) is 0.0938. The molecule has 3 aliphatic rings. The molecule has 0 spiro atoms. The largest absolute Gasteiger partial charge is 0.310 e. The first-order valence-corrected chi connectivity index (χ1v) is 23.4. The zero-order valence-electron chi connectivity index (χ0n) is 37.2. The number of hydrogen-bond acceptors (Lipinski definition) is 1. The van der Waals surface area contributed by atoms with Crippen molar-refractivity contribution in [2.75, 3.05) is 4.90 Å². The normalized spacial score (nSPS) is 15.0. The highest BCUT2D eigenvalue weighted by molar-refractivity contribution is 6.11. The first-order chi connectivity index (χ1) is 32.5. The molecule has 0 radical (unpaired) electrons. The van der Waals surface area contributed by atoms with Gasteiger partial charge < -0.3 is 9.47 Å². The molecule has 0 aliphatic heterocycles. The summed E-state index contributed by atoms with van der Waals surface area (Å²) < 4.78 is 2.43. The maximum atomic E-state index is 2.47. The Morgan fingerprint density at radius 1 is 0.409 bits per heavy atom. The van der Waals surface area contributed by atoms with Crippen LogP contribution in [0.1, 0.15) is 60.1 Å². The molecule has 10 aromatic rings. The van der Waals surface area contributed by atoms with Gasteiger partial charge in [-0.25, -0.2) is 0 Å². The van der Waals surface area contributed by atoms with Crippen LogP contribution in [0.3, 0.4) is 0 Å². The number of allylic oxidation sites excluding steroid dienone is 4. The van der Waals surface area contributed by atoms with E-state index in [2.05, 4.69) is 254 Å². The van der Waals surface area contributed by atoms with Gasteiger partial charge in [-0.15, -0.1) is 0 Å². The van der Waals surface area contributed by atoms with E-state index in [0.717, 1.165) is 29.9 Å². The van der Waals surface area contributed by atoms with E-state index in [1.54, 1.807) is 0 Å². The maximum absolute atomic E-state index is 2.47. The molecule has 0 bridgehead atoms. The van der Waals surface area contributed by atoms with Crippen LogP contribution in [0.5, 0.6) is 0 Å². The second-order valence-corrected chi connectivity index (χ2v) is 18.7. The van der Waals surface area contributed by atoms with Crippen molar-refractivity contribution in [3.05, 3.63) is 264 Å². The van der Waals surface area contributed by atoms with Gasteiger partial charge in [-0.3, -0.25) is 0 Å². The Kier molecular flexibility index (Phi) is 8.64. The van der Waals surface area contributed by atoms with Gasteiger partial charge in [0.25, 0.3) is 0 Å². The number of anilines is 3. The first-order valence-electron chi connectivity index (χ1n) is 23.4. The summed E-state index contributed by atoms with van der Waals surface area (Å²) in [5, 5.41) is 2.55. The number of para-hydroxylation sites is 1. The molecule has 0 fully saturated rings. The molecular formula is C64H48N2. The third-order valence-electron chi connectivity index (χ3n) is 14.9. The van der Waals surface area contributed by atoms with E-state index in [0.29, 0.717) is 0 Å². The molecule has 9 aromatic carbocycles. The third-order valence-corrected chi connectivity index (χ3v) is 14.9. The summed E-state index contributed by atoms with van der Waals surface area (Å²) in [6, 6.07) is 79.5. The smallest absolute Gasteiger partial charge is 0.0713 e. The minimum atomic E-state index is -0.458. The Morgan fingerprint density at radius 2 is 0.985 bits per heavy atom. The zero-order valence-corrected chi connectivity index (χ0v) is 37.2. The highest BCUT2D eigenvalue weighted by Gasteiger charge is 2.46. The summed E-state index contributed by atoms with van der Waals surface area (Å²) in [7, 11) is 0. The van der Waals surface area contributed by atoms with Gasteiger partial charge in [-0.1, -0.05) is 184 Å². The average molecular weight is 845 g/mol. The second-order valence-electron chi connectivity index (χ2n) is 18.7. The van der Waals surface area contributed by atoms with Crippen molar-refractivity contribution in [2.24, 2.45) is 0 Å². The maximum Gasteiger partial charge on any atom is 0.0713 e. The van der Waals surface area contributed by atoms with Crippen LogP contribution >= 0.6 is 0 Å². The molecule has 3 aliphatic carbocycles. The highest BCUT2D eigenvalue weighted by Crippen LogP contribution is 2.58. The number of benzene rings is 9. The van der Waals surface area contributed by atoms with Gasteiger partial charge in [0.2, 0.25) is 0 Å². The number of aromatic nitrogens is 1. The summed E-state index contributed by atoms with van der Waals surface area (Å²) in [6.07, 6.45) is 9.10. The standard InChI is InChI=1S/C64H48N2/c1-63(2)57-27-15-12-24-51(57)53-37-35-50(42-60(53)63)65(48-33-30-43(31-34-48)44-32-39-62-56(40-44)54-26-14-17-29-61(54)66(62)47-22-10-5-11-23-47)49-36-38-59-55(41-49)52-25-13-16-28-58(52)64(59,45-18-6-3-7-19-45)46-20-8-4-9-21-46/h3-4,6-10,12-42H,5,11H2,1-2H3. The van der Waals surface area contributed by atoms with Gasteiger partial charge in [-0.05, 0) is 140 Å². The summed E-state index contributed by atoms with van der Waals surface area (Å²) in [5.74, 6) is 0. The molecule has 0 saturated heterocycles. The number of hydrogen-bond donors (Lipinski definition) is 0. The second kappa shape index (κ2) is 14.8. The van der Waals surface area contributed by atoms with Crippen molar-refractivity contribution in [3.8, 4) is 33.4 Å². The lowest BCUT2D eigenvalue weighted by molar-refractivity contribution is 0.660. The average Bonchev–Trinajstić information content (AvgIpc) is 3.96. The lowest BCUT2D eigenvalue weighted by Gasteiger charge is -2.34. The van der Waals surface area contributed by atoms with Gasteiger partial charge in [-0.2, -0.15) is 0 Å². The van der Waals surface area contributed by atoms with Gasteiger partial charge in [0.1, 0.15) is 0 Å². The van der Waals surface area contributed by atoms with Gasteiger partial charge >= 0.3 is 0 Å². The first kappa shape index (κ1) is 38.5.